The van der Waals surface area contributed by atoms with Gasteiger partial charge in [0.1, 0.15) is 5.83 Å². The first-order valence-corrected chi connectivity index (χ1v) is 11.6. The fraction of sp³-hybridized carbons (Fsp3) is 0.261. The Morgan fingerprint density at radius 2 is 1.91 bits per heavy atom. The molecule has 182 valence electrons. The normalized spacial score (nSPS) is 12.6. The van der Waals surface area contributed by atoms with Crippen molar-refractivity contribution in [3.63, 3.8) is 0 Å². The molecule has 0 unspecified atom stereocenters. The maximum Gasteiger partial charge on any atom is 0.404 e. The van der Waals surface area contributed by atoms with Gasteiger partial charge >= 0.3 is 6.09 Å². The van der Waals surface area contributed by atoms with Gasteiger partial charge in [-0.1, -0.05) is 18.2 Å². The van der Waals surface area contributed by atoms with Crippen molar-refractivity contribution in [2.75, 3.05) is 20.6 Å². The quantitative estimate of drug-likeness (QED) is 0.464. The number of nitrogens with zero attached hydrogens (tertiary/aromatic N) is 2. The summed E-state index contributed by atoms with van der Waals surface area (Å²) in [6.45, 7) is 1.20. The van der Waals surface area contributed by atoms with Gasteiger partial charge in [0, 0.05) is 48.4 Å². The second kappa shape index (κ2) is 9.90. The van der Waals surface area contributed by atoms with Gasteiger partial charge in [-0.15, -0.1) is 0 Å². The average Bonchev–Trinajstić information content (AvgIpc) is 3.04. The largest absolute Gasteiger partial charge is 0.465 e. The minimum atomic E-state index is -3.74. The molecule has 3 aromatic rings. The van der Waals surface area contributed by atoms with E-state index in [9.17, 15) is 26.4 Å². The lowest BCUT2D eigenvalue weighted by Crippen LogP contribution is -2.22. The van der Waals surface area contributed by atoms with E-state index in [1.165, 1.54) is 44.4 Å². The van der Waals surface area contributed by atoms with Crippen molar-refractivity contribution in [2.45, 2.75) is 24.8 Å². The topological polar surface area (TPSA) is 91.6 Å². The lowest BCUT2D eigenvalue weighted by Gasteiger charge is -2.13. The number of hydrogen-bond donors (Lipinski definition) is 2. The summed E-state index contributed by atoms with van der Waals surface area (Å²) in [4.78, 5) is 10.6. The number of amides is 1. The zero-order chi connectivity index (χ0) is 25.2. The summed E-state index contributed by atoms with van der Waals surface area (Å²) in [6, 6.07) is 10.2. The van der Waals surface area contributed by atoms with Gasteiger partial charge in [-0.25, -0.2) is 30.7 Å². The summed E-state index contributed by atoms with van der Waals surface area (Å²) in [6.07, 6.45) is -2.93. The van der Waals surface area contributed by atoms with E-state index in [2.05, 4.69) is 0 Å². The van der Waals surface area contributed by atoms with Crippen molar-refractivity contribution in [3.05, 3.63) is 65.6 Å². The number of halogens is 3. The van der Waals surface area contributed by atoms with Gasteiger partial charge in [0.05, 0.1) is 11.4 Å². The Balaban J connectivity index is 2.20. The fourth-order valence-electron chi connectivity index (χ4n) is 3.69. The molecule has 2 N–H and O–H groups in total. The minimum absolute atomic E-state index is 0.0335. The van der Waals surface area contributed by atoms with E-state index in [0.29, 0.717) is 27.7 Å². The number of allylic oxidation sites excluding steroid dienone is 1. The fourth-order valence-corrected chi connectivity index (χ4v) is 4.64. The zero-order valence-corrected chi connectivity index (χ0v) is 19.5. The first-order chi connectivity index (χ1) is 15.9. The highest BCUT2D eigenvalue weighted by Crippen LogP contribution is 2.38. The molecule has 0 radical (unpaired) electrons. The number of alkyl halides is 2. The van der Waals surface area contributed by atoms with E-state index in [1.54, 1.807) is 23.6 Å². The maximum absolute atomic E-state index is 14.6. The molecule has 1 aromatic heterocycles. The smallest absolute Gasteiger partial charge is 0.404 e. The van der Waals surface area contributed by atoms with E-state index in [0.717, 1.165) is 10.4 Å². The Kier molecular flexibility index (Phi) is 7.37. The predicted octanol–water partition coefficient (Wildman–Crippen LogP) is 4.93. The predicted molar refractivity (Wildman–Crippen MR) is 123 cm³/mol. The molecule has 0 saturated heterocycles. The summed E-state index contributed by atoms with van der Waals surface area (Å²) in [5, 5.41) is 11.1. The van der Waals surface area contributed by atoms with Crippen LogP contribution in [0.3, 0.4) is 0 Å². The third-order valence-electron chi connectivity index (χ3n) is 5.39. The first-order valence-electron chi connectivity index (χ1n) is 10.2. The Bertz CT molecular complexity index is 1370. The van der Waals surface area contributed by atoms with Crippen LogP contribution in [-0.2, 0) is 16.6 Å². The summed E-state index contributed by atoms with van der Waals surface area (Å²) >= 11 is 0. The first kappa shape index (κ1) is 25.3. The molecule has 1 amide bonds. The molecule has 1 heterocycles. The van der Waals surface area contributed by atoms with Crippen molar-refractivity contribution in [3.8, 4) is 11.1 Å². The van der Waals surface area contributed by atoms with Crippen LogP contribution in [0.1, 0.15) is 17.7 Å². The number of benzene rings is 2. The molecular weight excluding hydrogens is 471 g/mol. The molecule has 0 aliphatic rings. The van der Waals surface area contributed by atoms with Crippen LogP contribution in [0, 0.1) is 6.92 Å². The monoisotopic (exact) mass is 495 g/mol. The highest BCUT2D eigenvalue weighted by molar-refractivity contribution is 7.89. The van der Waals surface area contributed by atoms with E-state index in [1.807, 2.05) is 5.32 Å². The number of hydrogen-bond acceptors (Lipinski definition) is 3. The second-order valence-electron chi connectivity index (χ2n) is 7.78. The lowest BCUT2D eigenvalue weighted by molar-refractivity contribution is 0.151. The molecular formula is C23H24F3N3O4S. The van der Waals surface area contributed by atoms with Crippen molar-refractivity contribution < 1.29 is 31.5 Å². The molecule has 2 aromatic carbocycles. The van der Waals surface area contributed by atoms with Gasteiger partial charge in [-0.3, -0.25) is 0 Å². The van der Waals surface area contributed by atoms with Crippen LogP contribution < -0.4 is 5.32 Å². The summed E-state index contributed by atoms with van der Waals surface area (Å²) in [7, 11) is -0.932. The molecule has 0 aliphatic heterocycles. The number of carboxylic acid groups (broad SMARTS) is 1. The third-order valence-corrected chi connectivity index (χ3v) is 7.20. The standard InChI is InChI=1S/C23H24F3N3O4S/c1-14-21(15-5-4-6-18(11-15)34(32,33)28(2)3)19-12-16(22(25)26)7-8-20(19)29(14)13-17(24)9-10-27-23(30)31/h4-9,11-12,22,27H,10,13H2,1-3H3,(H,30,31)/b17-9-. The van der Waals surface area contributed by atoms with Gasteiger partial charge in [0.25, 0.3) is 6.43 Å². The van der Waals surface area contributed by atoms with E-state index < -0.39 is 28.4 Å². The number of carbonyl (C=O) groups is 1. The number of nitrogens with one attached hydrogen (secondary N) is 1. The van der Waals surface area contributed by atoms with Gasteiger partial charge < -0.3 is 15.0 Å². The Labute approximate surface area is 195 Å². The molecule has 11 heteroatoms. The van der Waals surface area contributed by atoms with Crippen molar-refractivity contribution >= 4 is 27.0 Å². The van der Waals surface area contributed by atoms with Crippen LogP contribution in [-0.4, -0.2) is 49.1 Å². The lowest BCUT2D eigenvalue weighted by atomic mass is 10.0. The molecule has 0 spiro atoms. The van der Waals surface area contributed by atoms with Crippen LogP contribution in [0.2, 0.25) is 0 Å². The van der Waals surface area contributed by atoms with Crippen LogP contribution in [0.5, 0.6) is 0 Å². The van der Waals surface area contributed by atoms with Crippen LogP contribution in [0.4, 0.5) is 18.0 Å². The Morgan fingerprint density at radius 1 is 1.21 bits per heavy atom. The average molecular weight is 496 g/mol. The van der Waals surface area contributed by atoms with Crippen molar-refractivity contribution in [1.29, 1.82) is 0 Å². The highest BCUT2D eigenvalue weighted by atomic mass is 32.2. The maximum atomic E-state index is 14.6. The minimum Gasteiger partial charge on any atom is -0.465 e. The van der Waals surface area contributed by atoms with Crippen LogP contribution in [0.15, 0.2) is 59.3 Å². The Morgan fingerprint density at radius 3 is 2.53 bits per heavy atom. The summed E-state index contributed by atoms with van der Waals surface area (Å²) in [5.41, 5.74) is 1.78. The summed E-state index contributed by atoms with van der Waals surface area (Å²) in [5.74, 6) is -0.623. The molecule has 3 rings (SSSR count). The SMILES string of the molecule is Cc1c(-c2cccc(S(=O)(=O)N(C)C)c2)c2cc(C(F)F)ccc2n1C/C(F)=C/CNC(=O)O. The number of aromatic nitrogens is 1. The van der Waals surface area contributed by atoms with E-state index in [-0.39, 0.29) is 23.5 Å². The molecule has 0 saturated carbocycles. The molecule has 7 nitrogen and oxygen atoms in total. The van der Waals surface area contributed by atoms with Gasteiger partial charge in [-0.05, 0) is 42.8 Å². The number of fused-ring (bicyclic) bond motifs is 1. The van der Waals surface area contributed by atoms with Crippen LogP contribution >= 0.6 is 0 Å². The highest BCUT2D eigenvalue weighted by Gasteiger charge is 2.22. The van der Waals surface area contributed by atoms with Crippen molar-refractivity contribution in [2.24, 2.45) is 0 Å². The number of sulfonamides is 1. The van der Waals surface area contributed by atoms with E-state index in [4.69, 9.17) is 5.11 Å². The van der Waals surface area contributed by atoms with Crippen molar-refractivity contribution in [1.82, 2.24) is 14.2 Å². The second-order valence-corrected chi connectivity index (χ2v) is 9.93. The zero-order valence-electron chi connectivity index (χ0n) is 18.7. The molecule has 34 heavy (non-hydrogen) atoms. The molecule has 0 aliphatic carbocycles. The third kappa shape index (κ3) is 5.10. The number of rotatable bonds is 8. The molecule has 0 fully saturated rings. The van der Waals surface area contributed by atoms with E-state index >= 15 is 0 Å². The Hall–Kier alpha value is -3.31. The van der Waals surface area contributed by atoms with Gasteiger partial charge in [0.2, 0.25) is 10.0 Å². The summed E-state index contributed by atoms with van der Waals surface area (Å²) < 4.78 is 69.4. The van der Waals surface area contributed by atoms with Gasteiger partial charge in [0.15, 0.2) is 0 Å². The molecule has 0 atom stereocenters. The molecule has 0 bridgehead atoms. The van der Waals surface area contributed by atoms with Gasteiger partial charge in [-0.2, -0.15) is 0 Å². The van der Waals surface area contributed by atoms with Crippen LogP contribution in [0.25, 0.3) is 22.0 Å².